The number of halogens is 1. The van der Waals surface area contributed by atoms with Crippen molar-refractivity contribution >= 4 is 15.9 Å². The molecule has 2 rings (SSSR count). The van der Waals surface area contributed by atoms with E-state index in [0.717, 1.165) is 35.1 Å². The van der Waals surface area contributed by atoms with Gasteiger partial charge in [0.25, 0.3) is 0 Å². The van der Waals surface area contributed by atoms with Crippen molar-refractivity contribution in [2.45, 2.75) is 26.2 Å². The van der Waals surface area contributed by atoms with Gasteiger partial charge in [-0.25, -0.2) is 0 Å². The molecule has 0 spiro atoms. The molecule has 0 saturated carbocycles. The fourth-order valence-electron chi connectivity index (χ4n) is 2.27. The fourth-order valence-corrected chi connectivity index (χ4v) is 2.65. The maximum absolute atomic E-state index is 10.0. The minimum absolute atomic E-state index is 0.429. The Balaban J connectivity index is 2.11. The standard InChI is InChI=1S/C13H18BrNO/c1-9-2-3-11(13(16)12(9)14)8-10-4-6-15-7-5-10/h2-3,10,15-16H,4-8H2,1H3. The van der Waals surface area contributed by atoms with Crippen LogP contribution in [-0.4, -0.2) is 18.2 Å². The molecule has 2 nitrogen and oxygen atoms in total. The Morgan fingerprint density at radius 3 is 2.75 bits per heavy atom. The molecule has 1 aromatic rings. The molecule has 16 heavy (non-hydrogen) atoms. The predicted octanol–water partition coefficient (Wildman–Crippen LogP) is 3.01. The summed E-state index contributed by atoms with van der Waals surface area (Å²) in [5, 5.41) is 13.4. The van der Waals surface area contributed by atoms with Crippen molar-refractivity contribution < 1.29 is 5.11 Å². The van der Waals surface area contributed by atoms with Gasteiger partial charge in [-0.2, -0.15) is 0 Å². The molecule has 1 fully saturated rings. The lowest BCUT2D eigenvalue weighted by Crippen LogP contribution is -2.28. The SMILES string of the molecule is Cc1ccc(CC2CCNCC2)c(O)c1Br. The molecular formula is C13H18BrNO. The van der Waals surface area contributed by atoms with Gasteiger partial charge in [0.2, 0.25) is 0 Å². The molecule has 0 aromatic heterocycles. The largest absolute Gasteiger partial charge is 0.506 e. The van der Waals surface area contributed by atoms with E-state index in [2.05, 4.69) is 33.4 Å². The highest BCUT2D eigenvalue weighted by molar-refractivity contribution is 9.10. The first kappa shape index (κ1) is 11.9. The first-order valence-electron chi connectivity index (χ1n) is 5.86. The van der Waals surface area contributed by atoms with E-state index in [-0.39, 0.29) is 0 Å². The van der Waals surface area contributed by atoms with Crippen LogP contribution in [0.4, 0.5) is 0 Å². The van der Waals surface area contributed by atoms with Crippen LogP contribution in [-0.2, 0) is 6.42 Å². The number of benzene rings is 1. The van der Waals surface area contributed by atoms with E-state index in [1.165, 1.54) is 12.8 Å². The number of nitrogens with one attached hydrogen (secondary N) is 1. The maximum atomic E-state index is 10.0. The van der Waals surface area contributed by atoms with Gasteiger partial charge in [0.05, 0.1) is 4.47 Å². The minimum Gasteiger partial charge on any atom is -0.506 e. The number of rotatable bonds is 2. The Labute approximate surface area is 105 Å². The molecule has 1 heterocycles. The normalized spacial score (nSPS) is 17.6. The summed E-state index contributed by atoms with van der Waals surface area (Å²) in [6.07, 6.45) is 3.42. The molecule has 1 aromatic carbocycles. The molecule has 1 aliphatic heterocycles. The highest BCUT2D eigenvalue weighted by Crippen LogP contribution is 2.33. The highest BCUT2D eigenvalue weighted by Gasteiger charge is 2.16. The zero-order valence-electron chi connectivity index (χ0n) is 9.59. The zero-order valence-corrected chi connectivity index (χ0v) is 11.2. The second-order valence-electron chi connectivity index (χ2n) is 4.60. The van der Waals surface area contributed by atoms with Crippen molar-refractivity contribution in [1.29, 1.82) is 0 Å². The lowest BCUT2D eigenvalue weighted by atomic mass is 9.90. The highest BCUT2D eigenvalue weighted by atomic mass is 79.9. The molecular weight excluding hydrogens is 266 g/mol. The van der Waals surface area contributed by atoms with Gasteiger partial charge in [-0.05, 0) is 72.3 Å². The molecule has 0 atom stereocenters. The van der Waals surface area contributed by atoms with E-state index < -0.39 is 0 Å². The average Bonchev–Trinajstić information content (AvgIpc) is 2.31. The van der Waals surface area contributed by atoms with Crippen molar-refractivity contribution in [2.24, 2.45) is 5.92 Å². The molecule has 88 valence electrons. The van der Waals surface area contributed by atoms with Gasteiger partial charge < -0.3 is 10.4 Å². The summed E-state index contributed by atoms with van der Waals surface area (Å²) in [5.74, 6) is 1.14. The number of hydrogen-bond donors (Lipinski definition) is 2. The van der Waals surface area contributed by atoms with Gasteiger partial charge in [-0.3, -0.25) is 0 Å². The summed E-state index contributed by atoms with van der Waals surface area (Å²) in [7, 11) is 0. The molecule has 2 N–H and O–H groups in total. The monoisotopic (exact) mass is 283 g/mol. The van der Waals surface area contributed by atoms with Crippen molar-refractivity contribution in [3.63, 3.8) is 0 Å². The molecule has 1 aliphatic rings. The third-order valence-corrected chi connectivity index (χ3v) is 4.36. The number of hydrogen-bond acceptors (Lipinski definition) is 2. The van der Waals surface area contributed by atoms with E-state index in [9.17, 15) is 5.11 Å². The Morgan fingerprint density at radius 2 is 2.06 bits per heavy atom. The number of piperidine rings is 1. The number of aryl methyl sites for hydroxylation is 1. The van der Waals surface area contributed by atoms with Crippen LogP contribution in [0, 0.1) is 12.8 Å². The van der Waals surface area contributed by atoms with Crippen LogP contribution in [0.1, 0.15) is 24.0 Å². The summed E-state index contributed by atoms with van der Waals surface area (Å²) in [6, 6.07) is 4.12. The number of aromatic hydroxyl groups is 1. The van der Waals surface area contributed by atoms with Crippen LogP contribution in [0.2, 0.25) is 0 Å². The Morgan fingerprint density at radius 1 is 1.38 bits per heavy atom. The molecule has 1 saturated heterocycles. The van der Waals surface area contributed by atoms with E-state index in [1.54, 1.807) is 0 Å². The van der Waals surface area contributed by atoms with Crippen molar-refractivity contribution in [3.8, 4) is 5.75 Å². The molecule has 0 bridgehead atoms. The van der Waals surface area contributed by atoms with E-state index in [1.807, 2.05) is 6.92 Å². The van der Waals surface area contributed by atoms with Crippen molar-refractivity contribution in [3.05, 3.63) is 27.7 Å². The minimum atomic E-state index is 0.429. The first-order chi connectivity index (χ1) is 7.68. The summed E-state index contributed by atoms with van der Waals surface area (Å²) in [5.41, 5.74) is 2.16. The van der Waals surface area contributed by atoms with Crippen LogP contribution < -0.4 is 5.32 Å². The van der Waals surface area contributed by atoms with Crippen LogP contribution in [0.3, 0.4) is 0 Å². The number of phenolic OH excluding ortho intramolecular Hbond substituents is 1. The molecule has 0 radical (unpaired) electrons. The van der Waals surface area contributed by atoms with Crippen molar-refractivity contribution in [1.82, 2.24) is 5.32 Å². The van der Waals surface area contributed by atoms with Gasteiger partial charge in [0.1, 0.15) is 5.75 Å². The van der Waals surface area contributed by atoms with Gasteiger partial charge >= 0.3 is 0 Å². The third kappa shape index (κ3) is 2.58. The van der Waals surface area contributed by atoms with Crippen LogP contribution >= 0.6 is 15.9 Å². The molecule has 3 heteroatoms. The molecule has 0 amide bonds. The van der Waals surface area contributed by atoms with Gasteiger partial charge in [-0.15, -0.1) is 0 Å². The second kappa shape index (κ2) is 5.19. The lowest BCUT2D eigenvalue weighted by Gasteiger charge is -2.23. The van der Waals surface area contributed by atoms with Crippen LogP contribution in [0.25, 0.3) is 0 Å². The summed E-state index contributed by atoms with van der Waals surface area (Å²) in [4.78, 5) is 0. The fraction of sp³-hybridized carbons (Fsp3) is 0.538. The molecule has 0 unspecified atom stereocenters. The van der Waals surface area contributed by atoms with E-state index in [4.69, 9.17) is 0 Å². The smallest absolute Gasteiger partial charge is 0.133 e. The van der Waals surface area contributed by atoms with E-state index >= 15 is 0 Å². The van der Waals surface area contributed by atoms with Crippen molar-refractivity contribution in [2.75, 3.05) is 13.1 Å². The molecule has 0 aliphatic carbocycles. The summed E-state index contributed by atoms with van der Waals surface area (Å²) in [6.45, 7) is 4.22. The van der Waals surface area contributed by atoms with Crippen LogP contribution in [0.15, 0.2) is 16.6 Å². The lowest BCUT2D eigenvalue weighted by molar-refractivity contribution is 0.366. The Bertz CT molecular complexity index is 372. The number of phenols is 1. The average molecular weight is 284 g/mol. The second-order valence-corrected chi connectivity index (χ2v) is 5.39. The topological polar surface area (TPSA) is 32.3 Å². The van der Waals surface area contributed by atoms with Gasteiger partial charge in [0, 0.05) is 0 Å². The van der Waals surface area contributed by atoms with Gasteiger partial charge in [-0.1, -0.05) is 12.1 Å². The third-order valence-electron chi connectivity index (χ3n) is 3.36. The predicted molar refractivity (Wildman–Crippen MR) is 69.8 cm³/mol. The van der Waals surface area contributed by atoms with E-state index in [0.29, 0.717) is 11.7 Å². The Hall–Kier alpha value is -0.540. The Kier molecular flexibility index (Phi) is 3.87. The van der Waals surface area contributed by atoms with Crippen LogP contribution in [0.5, 0.6) is 5.75 Å². The maximum Gasteiger partial charge on any atom is 0.133 e. The summed E-state index contributed by atoms with van der Waals surface area (Å²) >= 11 is 3.43. The van der Waals surface area contributed by atoms with Gasteiger partial charge in [0.15, 0.2) is 0 Å². The quantitative estimate of drug-likeness (QED) is 0.875. The first-order valence-corrected chi connectivity index (χ1v) is 6.65. The zero-order chi connectivity index (χ0) is 11.5. The summed E-state index contributed by atoms with van der Waals surface area (Å²) < 4.78 is 0.846.